The molecular weight excluding hydrogens is 197 g/mol. The monoisotopic (exact) mass is 199 g/mol. The number of H-pyrrole nitrogens is 1. The van der Waals surface area contributed by atoms with E-state index in [0.717, 1.165) is 6.20 Å². The van der Waals surface area contributed by atoms with Crippen molar-refractivity contribution in [2.45, 2.75) is 0 Å². The average molecular weight is 200 g/mol. The van der Waals surface area contributed by atoms with Gasteiger partial charge in [-0.3, -0.25) is 0 Å². The average Bonchev–Trinajstić information content (AvgIpc) is 2.61. The van der Waals surface area contributed by atoms with E-state index in [1.807, 2.05) is 0 Å². The van der Waals surface area contributed by atoms with Gasteiger partial charge < -0.3 is 0 Å². The SMILES string of the molecule is Fc1cnc(Cl)nc1-c1cn[nH]n1. The van der Waals surface area contributed by atoms with Gasteiger partial charge in [0, 0.05) is 0 Å². The summed E-state index contributed by atoms with van der Waals surface area (Å²) < 4.78 is 13.1. The first-order valence-corrected chi connectivity index (χ1v) is 3.69. The van der Waals surface area contributed by atoms with Crippen molar-refractivity contribution < 1.29 is 4.39 Å². The third-order valence-electron chi connectivity index (χ3n) is 1.37. The predicted molar refractivity (Wildman–Crippen MR) is 42.4 cm³/mol. The summed E-state index contributed by atoms with van der Waals surface area (Å²) in [4.78, 5) is 7.14. The maximum Gasteiger partial charge on any atom is 0.223 e. The van der Waals surface area contributed by atoms with Gasteiger partial charge in [-0.25, -0.2) is 14.4 Å². The van der Waals surface area contributed by atoms with E-state index in [0.29, 0.717) is 5.69 Å². The molecule has 0 bridgehead atoms. The molecule has 2 aromatic rings. The number of nitrogens with one attached hydrogen (secondary N) is 1. The van der Waals surface area contributed by atoms with E-state index >= 15 is 0 Å². The lowest BCUT2D eigenvalue weighted by Crippen LogP contribution is -1.92. The van der Waals surface area contributed by atoms with Gasteiger partial charge in [0.15, 0.2) is 5.82 Å². The minimum atomic E-state index is -0.585. The number of hydrogen-bond donors (Lipinski definition) is 1. The Kier molecular flexibility index (Phi) is 1.90. The van der Waals surface area contributed by atoms with E-state index in [-0.39, 0.29) is 11.0 Å². The summed E-state index contributed by atoms with van der Waals surface area (Å²) in [5.41, 5.74) is 0.329. The van der Waals surface area contributed by atoms with Crippen LogP contribution in [0.3, 0.4) is 0 Å². The van der Waals surface area contributed by atoms with Gasteiger partial charge in [-0.1, -0.05) is 0 Å². The Bertz CT molecular complexity index is 415. The molecule has 0 fully saturated rings. The zero-order valence-corrected chi connectivity index (χ0v) is 6.96. The first kappa shape index (κ1) is 8.06. The summed E-state index contributed by atoms with van der Waals surface area (Å²) >= 11 is 5.49. The molecule has 66 valence electrons. The minimum Gasteiger partial charge on any atom is -0.223 e. The second-order valence-corrected chi connectivity index (χ2v) is 2.53. The molecule has 0 aliphatic rings. The van der Waals surface area contributed by atoms with Crippen LogP contribution < -0.4 is 0 Å². The molecule has 0 amide bonds. The zero-order chi connectivity index (χ0) is 9.26. The Morgan fingerprint density at radius 3 is 2.92 bits per heavy atom. The van der Waals surface area contributed by atoms with Crippen LogP contribution >= 0.6 is 11.6 Å². The number of halogens is 2. The van der Waals surface area contributed by atoms with E-state index < -0.39 is 5.82 Å². The van der Waals surface area contributed by atoms with Crippen LogP contribution in [0.5, 0.6) is 0 Å². The first-order chi connectivity index (χ1) is 6.27. The Labute approximate surface area is 77.0 Å². The van der Waals surface area contributed by atoms with Crippen LogP contribution in [-0.4, -0.2) is 25.4 Å². The zero-order valence-electron chi connectivity index (χ0n) is 6.20. The molecule has 0 spiro atoms. The van der Waals surface area contributed by atoms with Crippen LogP contribution in [-0.2, 0) is 0 Å². The molecule has 0 aromatic carbocycles. The van der Waals surface area contributed by atoms with Crippen molar-refractivity contribution in [3.05, 3.63) is 23.5 Å². The van der Waals surface area contributed by atoms with E-state index in [2.05, 4.69) is 25.4 Å². The Hall–Kier alpha value is -1.56. The minimum absolute atomic E-state index is 0.0283. The van der Waals surface area contributed by atoms with Gasteiger partial charge in [0.05, 0.1) is 12.4 Å². The van der Waals surface area contributed by atoms with E-state index in [9.17, 15) is 4.39 Å². The molecule has 1 N–H and O–H groups in total. The summed E-state index contributed by atoms with van der Waals surface area (Å²) in [5.74, 6) is -0.585. The molecule has 0 aliphatic carbocycles. The largest absolute Gasteiger partial charge is 0.223 e. The Balaban J connectivity index is 2.57. The normalized spacial score (nSPS) is 10.3. The molecule has 0 saturated heterocycles. The maximum atomic E-state index is 13.1. The van der Waals surface area contributed by atoms with Crippen LogP contribution in [0.25, 0.3) is 11.4 Å². The van der Waals surface area contributed by atoms with Gasteiger partial charge in [-0.05, 0) is 11.6 Å². The summed E-state index contributed by atoms with van der Waals surface area (Å²) in [6.45, 7) is 0. The quantitative estimate of drug-likeness (QED) is 0.698. The summed E-state index contributed by atoms with van der Waals surface area (Å²) in [6.07, 6.45) is 2.33. The first-order valence-electron chi connectivity index (χ1n) is 3.31. The van der Waals surface area contributed by atoms with Crippen molar-refractivity contribution >= 4 is 11.6 Å². The van der Waals surface area contributed by atoms with Gasteiger partial charge in [-0.15, -0.1) is 0 Å². The third kappa shape index (κ3) is 1.48. The lowest BCUT2D eigenvalue weighted by Gasteiger charge is -1.96. The molecule has 5 nitrogen and oxygen atoms in total. The Morgan fingerprint density at radius 1 is 1.38 bits per heavy atom. The fourth-order valence-electron chi connectivity index (χ4n) is 0.841. The van der Waals surface area contributed by atoms with Gasteiger partial charge in [-0.2, -0.15) is 15.4 Å². The van der Waals surface area contributed by atoms with E-state index in [4.69, 9.17) is 11.6 Å². The van der Waals surface area contributed by atoms with Crippen molar-refractivity contribution in [2.75, 3.05) is 0 Å². The fraction of sp³-hybridized carbons (Fsp3) is 0. The van der Waals surface area contributed by atoms with E-state index in [1.54, 1.807) is 0 Å². The van der Waals surface area contributed by atoms with Crippen molar-refractivity contribution in [1.82, 2.24) is 25.4 Å². The summed E-state index contributed by atoms with van der Waals surface area (Å²) in [7, 11) is 0. The van der Waals surface area contributed by atoms with Crippen LogP contribution in [0.4, 0.5) is 4.39 Å². The van der Waals surface area contributed by atoms with Crippen molar-refractivity contribution in [3.63, 3.8) is 0 Å². The molecule has 13 heavy (non-hydrogen) atoms. The standard InChI is InChI=1S/C6H3ClFN5/c7-6-9-1-3(8)5(11-6)4-2-10-13-12-4/h1-2H,(H,10,12,13). The molecule has 7 heteroatoms. The number of rotatable bonds is 1. The number of aromatic amines is 1. The van der Waals surface area contributed by atoms with Gasteiger partial charge in [0.1, 0.15) is 11.4 Å². The molecule has 0 aliphatic heterocycles. The number of aromatic nitrogens is 5. The van der Waals surface area contributed by atoms with Gasteiger partial charge in [0.2, 0.25) is 5.28 Å². The second kappa shape index (κ2) is 3.06. The smallest absolute Gasteiger partial charge is 0.223 e. The van der Waals surface area contributed by atoms with E-state index in [1.165, 1.54) is 6.20 Å². The van der Waals surface area contributed by atoms with Gasteiger partial charge >= 0.3 is 0 Å². The van der Waals surface area contributed by atoms with Crippen LogP contribution in [0, 0.1) is 5.82 Å². The van der Waals surface area contributed by atoms with Crippen molar-refractivity contribution in [3.8, 4) is 11.4 Å². The predicted octanol–water partition coefficient (Wildman–Crippen LogP) is 1.05. The lowest BCUT2D eigenvalue weighted by atomic mass is 10.3. The highest BCUT2D eigenvalue weighted by atomic mass is 35.5. The number of hydrogen-bond acceptors (Lipinski definition) is 4. The fourth-order valence-corrected chi connectivity index (χ4v) is 0.974. The molecule has 2 heterocycles. The van der Waals surface area contributed by atoms with Crippen molar-refractivity contribution in [2.24, 2.45) is 0 Å². The molecule has 0 radical (unpaired) electrons. The van der Waals surface area contributed by atoms with Crippen LogP contribution in [0.2, 0.25) is 5.28 Å². The van der Waals surface area contributed by atoms with Crippen LogP contribution in [0.1, 0.15) is 0 Å². The van der Waals surface area contributed by atoms with Crippen LogP contribution in [0.15, 0.2) is 12.4 Å². The molecule has 0 atom stereocenters. The Morgan fingerprint density at radius 2 is 2.23 bits per heavy atom. The highest BCUT2D eigenvalue weighted by Gasteiger charge is 2.10. The summed E-state index contributed by atoms with van der Waals surface area (Å²) in [6, 6.07) is 0. The van der Waals surface area contributed by atoms with Crippen molar-refractivity contribution in [1.29, 1.82) is 0 Å². The molecule has 2 rings (SSSR count). The molecule has 0 unspecified atom stereocenters. The highest BCUT2D eigenvalue weighted by molar-refractivity contribution is 6.28. The number of nitrogens with zero attached hydrogens (tertiary/aromatic N) is 4. The maximum absolute atomic E-state index is 13.1. The molecular formula is C6H3ClFN5. The summed E-state index contributed by atoms with van der Waals surface area (Å²) in [5, 5.41) is 9.50. The molecule has 2 aromatic heterocycles. The molecule has 0 saturated carbocycles. The second-order valence-electron chi connectivity index (χ2n) is 2.19. The third-order valence-corrected chi connectivity index (χ3v) is 1.55. The van der Waals surface area contributed by atoms with Gasteiger partial charge in [0.25, 0.3) is 0 Å². The highest BCUT2D eigenvalue weighted by Crippen LogP contribution is 2.17. The lowest BCUT2D eigenvalue weighted by molar-refractivity contribution is 0.617. The topological polar surface area (TPSA) is 67.3 Å².